The Kier molecular flexibility index (Phi) is 11.0. The third kappa shape index (κ3) is 9.37. The molecule has 2 fully saturated rings. The molecule has 0 radical (unpaired) electrons. The highest BCUT2D eigenvalue weighted by Crippen LogP contribution is 2.28. The molecule has 2 saturated heterocycles. The fourth-order valence-electron chi connectivity index (χ4n) is 6.08. The van der Waals surface area contributed by atoms with Crippen molar-refractivity contribution < 1.29 is 19.1 Å². The van der Waals surface area contributed by atoms with Gasteiger partial charge in [-0.25, -0.2) is 0 Å². The largest absolute Gasteiger partial charge is 0.460 e. The van der Waals surface area contributed by atoms with Crippen molar-refractivity contribution >= 4 is 46.1 Å². The van der Waals surface area contributed by atoms with Crippen LogP contribution in [0.15, 0.2) is 130 Å². The molecule has 2 aliphatic heterocycles. The summed E-state index contributed by atoms with van der Waals surface area (Å²) in [6, 6.07) is 35.0. The molecule has 0 spiro atoms. The van der Waals surface area contributed by atoms with Crippen LogP contribution in [0.5, 0.6) is 0 Å². The summed E-state index contributed by atoms with van der Waals surface area (Å²) in [5.74, 6) is -1.38. The normalized spacial score (nSPS) is 19.0. The van der Waals surface area contributed by atoms with Gasteiger partial charge in [0.05, 0.1) is 47.7 Å². The Hall–Kier alpha value is -5.38. The first-order valence-electron chi connectivity index (χ1n) is 16.9. The number of rotatable bonds is 12. The fourth-order valence-corrected chi connectivity index (χ4v) is 6.08. The average Bonchev–Trinajstić information content (AvgIpc) is 3.81. The third-order valence-corrected chi connectivity index (χ3v) is 8.87. The van der Waals surface area contributed by atoms with Gasteiger partial charge in [0, 0.05) is 37.3 Å². The van der Waals surface area contributed by atoms with E-state index < -0.39 is 11.8 Å². The van der Waals surface area contributed by atoms with E-state index in [0.29, 0.717) is 19.5 Å². The third-order valence-electron chi connectivity index (χ3n) is 8.87. The zero-order valence-electron chi connectivity index (χ0n) is 28.0. The van der Waals surface area contributed by atoms with Crippen molar-refractivity contribution in [3.05, 3.63) is 109 Å². The number of carbonyl (C=O) groups is 2. The van der Waals surface area contributed by atoms with Crippen LogP contribution in [0.1, 0.15) is 33.1 Å². The Morgan fingerprint density at radius 2 is 0.918 bits per heavy atom. The lowest BCUT2D eigenvalue weighted by molar-refractivity contribution is -0.156. The minimum Gasteiger partial charge on any atom is -0.460 e. The van der Waals surface area contributed by atoms with Gasteiger partial charge in [0.1, 0.15) is 12.2 Å². The summed E-state index contributed by atoms with van der Waals surface area (Å²) < 4.78 is 11.7. The van der Waals surface area contributed by atoms with E-state index in [1.165, 1.54) is 0 Å². The summed E-state index contributed by atoms with van der Waals surface area (Å²) in [6.07, 6.45) is 1.50. The number of azo groups is 2. The van der Waals surface area contributed by atoms with Gasteiger partial charge in [0.2, 0.25) is 0 Å². The summed E-state index contributed by atoms with van der Waals surface area (Å²) in [5, 5.41) is 17.2. The Labute approximate surface area is 287 Å². The molecule has 0 aromatic heterocycles. The van der Waals surface area contributed by atoms with E-state index in [-0.39, 0.29) is 24.1 Å². The van der Waals surface area contributed by atoms with E-state index >= 15 is 0 Å². The Morgan fingerprint density at radius 1 is 0.571 bits per heavy atom. The Balaban J connectivity index is 0.907. The van der Waals surface area contributed by atoms with E-state index in [1.807, 2.05) is 123 Å². The first-order valence-corrected chi connectivity index (χ1v) is 16.9. The first-order chi connectivity index (χ1) is 23.9. The van der Waals surface area contributed by atoms with Gasteiger partial charge in [0.25, 0.3) is 0 Å². The molecule has 0 aliphatic carbocycles. The van der Waals surface area contributed by atoms with Gasteiger partial charge < -0.3 is 19.3 Å². The van der Waals surface area contributed by atoms with Crippen molar-refractivity contribution in [2.75, 3.05) is 36.0 Å². The van der Waals surface area contributed by atoms with Crippen molar-refractivity contribution in [2.24, 2.45) is 32.3 Å². The highest BCUT2D eigenvalue weighted by atomic mass is 16.5. The van der Waals surface area contributed by atoms with Gasteiger partial charge in [-0.1, -0.05) is 50.2 Å². The summed E-state index contributed by atoms with van der Waals surface area (Å²) in [6.45, 7) is 6.48. The first kappa shape index (κ1) is 33.5. The van der Waals surface area contributed by atoms with Gasteiger partial charge in [-0.2, -0.15) is 20.5 Å². The predicted octanol–water partition coefficient (Wildman–Crippen LogP) is 9.12. The van der Waals surface area contributed by atoms with Crippen LogP contribution in [-0.4, -0.2) is 50.3 Å². The minimum absolute atomic E-state index is 0.194. The maximum absolute atomic E-state index is 13.0. The maximum Gasteiger partial charge on any atom is 0.309 e. The lowest BCUT2D eigenvalue weighted by atomic mass is 9.97. The Morgan fingerprint density at radius 3 is 1.29 bits per heavy atom. The molecule has 6 rings (SSSR count). The lowest BCUT2D eigenvalue weighted by Gasteiger charge is -2.22. The number of nitrogens with zero attached hydrogens (tertiary/aromatic N) is 6. The molecule has 252 valence electrons. The zero-order valence-corrected chi connectivity index (χ0v) is 28.0. The minimum atomic E-state index is -0.413. The topological polar surface area (TPSA) is 109 Å². The second kappa shape index (κ2) is 16.1. The maximum atomic E-state index is 13.0. The molecule has 2 heterocycles. The number of benzene rings is 4. The summed E-state index contributed by atoms with van der Waals surface area (Å²) in [7, 11) is 0. The molecular weight excluding hydrogens is 616 g/mol. The lowest BCUT2D eigenvalue weighted by Crippen LogP contribution is -2.30. The summed E-state index contributed by atoms with van der Waals surface area (Å²) in [4.78, 5) is 30.4. The van der Waals surface area contributed by atoms with Crippen LogP contribution in [0, 0.1) is 11.8 Å². The van der Waals surface area contributed by atoms with Gasteiger partial charge >= 0.3 is 11.9 Å². The van der Waals surface area contributed by atoms with Crippen molar-refractivity contribution in [3.8, 4) is 0 Å². The fraction of sp³-hybridized carbons (Fsp3) is 0.333. The van der Waals surface area contributed by atoms with Gasteiger partial charge in [-0.15, -0.1) is 0 Å². The molecule has 0 amide bonds. The number of carbonyl (C=O) groups excluding carboxylic acids is 2. The van der Waals surface area contributed by atoms with E-state index in [1.54, 1.807) is 0 Å². The molecule has 49 heavy (non-hydrogen) atoms. The highest BCUT2D eigenvalue weighted by Gasteiger charge is 2.31. The van der Waals surface area contributed by atoms with Gasteiger partial charge in [-0.05, 0) is 79.2 Å². The molecule has 4 aromatic rings. The number of ether oxygens (including phenoxy) is 2. The summed E-state index contributed by atoms with van der Waals surface area (Å²) in [5.41, 5.74) is 5.26. The molecule has 0 N–H and O–H groups in total. The van der Waals surface area contributed by atoms with Crippen molar-refractivity contribution in [1.29, 1.82) is 0 Å². The van der Waals surface area contributed by atoms with Crippen LogP contribution in [-0.2, 0) is 19.1 Å². The molecule has 4 aromatic carbocycles. The molecule has 0 bridgehead atoms. The molecule has 0 saturated carbocycles. The second-order valence-electron chi connectivity index (χ2n) is 12.7. The van der Waals surface area contributed by atoms with Crippen LogP contribution >= 0.6 is 0 Å². The smallest absolute Gasteiger partial charge is 0.309 e. The predicted molar refractivity (Wildman–Crippen MR) is 190 cm³/mol. The molecule has 10 nitrogen and oxygen atoms in total. The standard InChI is InChI=1S/C39H42N6O4/c1-28(38(46)48-36-21-23-44(26-36)34-17-13-32(14-18-34)42-40-30-9-5-3-6-10-30)25-29(2)39(47)49-37-22-24-45(27-37)35-19-15-33(16-20-35)43-41-31-11-7-4-8-12-31/h3-20,28-29,36-37H,21-27H2,1-2H3/t28-,29+,36-,37-/m1/s1. The quantitative estimate of drug-likeness (QED) is 0.111. The van der Waals surface area contributed by atoms with Crippen LogP contribution in [0.4, 0.5) is 34.1 Å². The second-order valence-corrected chi connectivity index (χ2v) is 12.7. The Bertz CT molecular complexity index is 1600. The highest BCUT2D eigenvalue weighted by molar-refractivity contribution is 5.76. The van der Waals surface area contributed by atoms with Crippen LogP contribution < -0.4 is 9.80 Å². The molecule has 10 heteroatoms. The van der Waals surface area contributed by atoms with Crippen molar-refractivity contribution in [3.63, 3.8) is 0 Å². The number of anilines is 2. The van der Waals surface area contributed by atoms with Crippen LogP contribution in [0.3, 0.4) is 0 Å². The average molecular weight is 659 g/mol. The monoisotopic (exact) mass is 658 g/mol. The molecule has 4 atom stereocenters. The number of esters is 2. The van der Waals surface area contributed by atoms with Crippen molar-refractivity contribution in [2.45, 2.75) is 45.3 Å². The molecule has 2 aliphatic rings. The van der Waals surface area contributed by atoms with Crippen LogP contribution in [0.25, 0.3) is 0 Å². The SMILES string of the molecule is C[C@H](C[C@H](C)C(=O)O[C@@H]1CCN(c2ccc(N=Nc3ccccc3)cc2)C1)C(=O)O[C@@H]1CCN(c2ccc(N=Nc3ccccc3)cc2)C1. The van der Waals surface area contributed by atoms with Crippen molar-refractivity contribution in [1.82, 2.24) is 0 Å². The number of hydrogen-bond acceptors (Lipinski definition) is 10. The van der Waals surface area contributed by atoms with E-state index in [4.69, 9.17) is 9.47 Å². The van der Waals surface area contributed by atoms with E-state index in [0.717, 1.165) is 60.1 Å². The zero-order chi connectivity index (χ0) is 34.0. The molecule has 0 unspecified atom stereocenters. The molecular formula is C39H42N6O4. The number of hydrogen-bond donors (Lipinski definition) is 0. The van der Waals surface area contributed by atoms with Gasteiger partial charge in [0.15, 0.2) is 0 Å². The van der Waals surface area contributed by atoms with Crippen LogP contribution in [0.2, 0.25) is 0 Å². The van der Waals surface area contributed by atoms with E-state index in [9.17, 15) is 9.59 Å². The van der Waals surface area contributed by atoms with Gasteiger partial charge in [-0.3, -0.25) is 9.59 Å². The summed E-state index contributed by atoms with van der Waals surface area (Å²) >= 11 is 0. The van der Waals surface area contributed by atoms with E-state index in [2.05, 4.69) is 30.3 Å².